The first-order valence-electron chi connectivity index (χ1n) is 6.04. The Hall–Kier alpha value is -3.03. The molecule has 0 radical (unpaired) electrons. The molecule has 0 spiro atoms. The number of benzene rings is 1. The SMILES string of the molecule is Cc1cc([N+](=O)[O-])c(C)cc1NC(=O)c1ccc(N)nn1. The lowest BCUT2D eigenvalue weighted by atomic mass is 10.1. The van der Waals surface area contributed by atoms with Crippen LogP contribution in [0, 0.1) is 24.0 Å². The van der Waals surface area contributed by atoms with Crippen LogP contribution in [-0.4, -0.2) is 21.0 Å². The van der Waals surface area contributed by atoms with Crippen molar-refractivity contribution < 1.29 is 9.72 Å². The van der Waals surface area contributed by atoms with E-state index in [-0.39, 0.29) is 17.2 Å². The maximum atomic E-state index is 12.0. The standard InChI is InChI=1S/C13H13N5O3/c1-7-6-11(18(20)21)8(2)5-10(7)15-13(19)9-3-4-12(14)17-16-9/h3-6H,1-2H3,(H2,14,17)(H,15,19). The molecule has 1 aromatic heterocycles. The molecule has 0 aliphatic rings. The van der Waals surface area contributed by atoms with Crippen molar-refractivity contribution in [1.29, 1.82) is 0 Å². The van der Waals surface area contributed by atoms with Crippen molar-refractivity contribution in [3.63, 3.8) is 0 Å². The predicted molar refractivity (Wildman–Crippen MR) is 77.0 cm³/mol. The zero-order valence-corrected chi connectivity index (χ0v) is 11.5. The van der Waals surface area contributed by atoms with Gasteiger partial charge in [0, 0.05) is 17.3 Å². The van der Waals surface area contributed by atoms with E-state index in [1.54, 1.807) is 19.9 Å². The zero-order valence-electron chi connectivity index (χ0n) is 11.5. The fraction of sp³-hybridized carbons (Fsp3) is 0.154. The van der Waals surface area contributed by atoms with Gasteiger partial charge in [0.25, 0.3) is 11.6 Å². The highest BCUT2D eigenvalue weighted by Gasteiger charge is 2.15. The molecule has 0 bridgehead atoms. The van der Waals surface area contributed by atoms with Crippen LogP contribution in [0.4, 0.5) is 17.2 Å². The smallest absolute Gasteiger partial charge is 0.276 e. The number of nitro benzene ring substituents is 1. The Balaban J connectivity index is 2.27. The van der Waals surface area contributed by atoms with Crippen LogP contribution in [0.2, 0.25) is 0 Å². The first-order chi connectivity index (χ1) is 9.88. The topological polar surface area (TPSA) is 124 Å². The molecule has 0 atom stereocenters. The number of aryl methyl sites for hydroxylation is 2. The number of nitrogens with zero attached hydrogens (tertiary/aromatic N) is 3. The minimum absolute atomic E-state index is 0.0118. The summed E-state index contributed by atoms with van der Waals surface area (Å²) in [5.74, 6) is -0.243. The van der Waals surface area contributed by atoms with E-state index in [2.05, 4.69) is 15.5 Å². The maximum Gasteiger partial charge on any atom is 0.276 e. The van der Waals surface area contributed by atoms with Crippen molar-refractivity contribution in [2.75, 3.05) is 11.1 Å². The minimum atomic E-state index is -0.459. The van der Waals surface area contributed by atoms with Crippen molar-refractivity contribution in [3.05, 3.63) is 51.2 Å². The Bertz CT molecular complexity index is 712. The summed E-state index contributed by atoms with van der Waals surface area (Å²) in [6.45, 7) is 3.28. The van der Waals surface area contributed by atoms with Gasteiger partial charge in [0.05, 0.1) is 4.92 Å². The van der Waals surface area contributed by atoms with E-state index in [0.29, 0.717) is 16.8 Å². The molecule has 1 amide bonds. The van der Waals surface area contributed by atoms with Gasteiger partial charge in [0.15, 0.2) is 5.69 Å². The monoisotopic (exact) mass is 287 g/mol. The summed E-state index contributed by atoms with van der Waals surface area (Å²) in [5, 5.41) is 20.8. The fourth-order valence-corrected chi connectivity index (χ4v) is 1.78. The number of hydrogen-bond acceptors (Lipinski definition) is 6. The van der Waals surface area contributed by atoms with Crippen LogP contribution in [0.5, 0.6) is 0 Å². The van der Waals surface area contributed by atoms with Gasteiger partial charge in [0.1, 0.15) is 5.82 Å². The number of nitro groups is 1. The third kappa shape index (κ3) is 3.11. The van der Waals surface area contributed by atoms with Crippen LogP contribution in [0.25, 0.3) is 0 Å². The Morgan fingerprint density at radius 2 is 1.95 bits per heavy atom. The van der Waals surface area contributed by atoms with Crippen LogP contribution in [0.1, 0.15) is 21.6 Å². The van der Waals surface area contributed by atoms with Crippen molar-refractivity contribution in [2.24, 2.45) is 0 Å². The first kappa shape index (κ1) is 14.4. The number of nitrogens with one attached hydrogen (secondary N) is 1. The number of nitrogens with two attached hydrogens (primary N) is 1. The van der Waals surface area contributed by atoms with Crippen LogP contribution < -0.4 is 11.1 Å². The highest BCUT2D eigenvalue weighted by molar-refractivity contribution is 6.03. The van der Waals surface area contributed by atoms with Crippen molar-refractivity contribution >= 4 is 23.1 Å². The van der Waals surface area contributed by atoms with Gasteiger partial charge in [-0.15, -0.1) is 10.2 Å². The molecule has 2 rings (SSSR count). The number of aromatic nitrogens is 2. The Morgan fingerprint density at radius 1 is 1.24 bits per heavy atom. The number of hydrogen-bond donors (Lipinski definition) is 2. The van der Waals surface area contributed by atoms with Crippen molar-refractivity contribution in [3.8, 4) is 0 Å². The zero-order chi connectivity index (χ0) is 15.6. The fourth-order valence-electron chi connectivity index (χ4n) is 1.78. The molecule has 1 aromatic carbocycles. The molecule has 0 unspecified atom stereocenters. The summed E-state index contributed by atoms with van der Waals surface area (Å²) in [4.78, 5) is 22.4. The molecular weight excluding hydrogens is 274 g/mol. The normalized spacial score (nSPS) is 10.2. The number of carbonyl (C=O) groups excluding carboxylic acids is 1. The van der Waals surface area contributed by atoms with Gasteiger partial charge in [-0.25, -0.2) is 0 Å². The number of nitrogen functional groups attached to an aromatic ring is 1. The van der Waals surface area contributed by atoms with Crippen LogP contribution in [-0.2, 0) is 0 Å². The number of carbonyl (C=O) groups is 1. The Morgan fingerprint density at radius 3 is 2.52 bits per heavy atom. The van der Waals surface area contributed by atoms with E-state index in [9.17, 15) is 14.9 Å². The molecule has 2 aromatic rings. The summed E-state index contributed by atoms with van der Waals surface area (Å²) in [7, 11) is 0. The molecule has 0 aliphatic carbocycles. The second kappa shape index (κ2) is 5.53. The lowest BCUT2D eigenvalue weighted by Crippen LogP contribution is -2.15. The Kier molecular flexibility index (Phi) is 3.79. The molecule has 0 fully saturated rings. The van der Waals surface area contributed by atoms with E-state index in [0.717, 1.165) is 0 Å². The highest BCUT2D eigenvalue weighted by Crippen LogP contribution is 2.26. The molecule has 0 saturated heterocycles. The molecule has 8 heteroatoms. The highest BCUT2D eigenvalue weighted by atomic mass is 16.6. The van der Waals surface area contributed by atoms with Crippen LogP contribution in [0.15, 0.2) is 24.3 Å². The number of amides is 1. The van der Waals surface area contributed by atoms with E-state index in [1.807, 2.05) is 0 Å². The largest absolute Gasteiger partial charge is 0.382 e. The molecule has 8 nitrogen and oxygen atoms in total. The molecular formula is C13H13N5O3. The third-order valence-corrected chi connectivity index (χ3v) is 2.91. The maximum absolute atomic E-state index is 12.0. The van der Waals surface area contributed by atoms with E-state index >= 15 is 0 Å². The molecule has 0 aliphatic heterocycles. The van der Waals surface area contributed by atoms with Gasteiger partial charge in [0.2, 0.25) is 0 Å². The van der Waals surface area contributed by atoms with E-state index < -0.39 is 10.8 Å². The van der Waals surface area contributed by atoms with Gasteiger partial charge in [-0.05, 0) is 37.6 Å². The second-order valence-corrected chi connectivity index (χ2v) is 4.51. The van der Waals surface area contributed by atoms with Gasteiger partial charge in [-0.3, -0.25) is 14.9 Å². The summed E-state index contributed by atoms with van der Waals surface area (Å²) in [5.41, 5.74) is 7.06. The number of anilines is 2. The lowest BCUT2D eigenvalue weighted by Gasteiger charge is -2.09. The molecule has 0 saturated carbocycles. The van der Waals surface area contributed by atoms with E-state index in [1.165, 1.54) is 18.2 Å². The molecule has 1 heterocycles. The van der Waals surface area contributed by atoms with Gasteiger partial charge >= 0.3 is 0 Å². The minimum Gasteiger partial charge on any atom is -0.382 e. The van der Waals surface area contributed by atoms with Crippen LogP contribution >= 0.6 is 0 Å². The Labute approximate surface area is 120 Å². The predicted octanol–water partition coefficient (Wildman–Crippen LogP) is 1.84. The molecule has 3 N–H and O–H groups in total. The van der Waals surface area contributed by atoms with Crippen molar-refractivity contribution in [1.82, 2.24) is 10.2 Å². The second-order valence-electron chi connectivity index (χ2n) is 4.51. The van der Waals surface area contributed by atoms with Crippen LogP contribution in [0.3, 0.4) is 0 Å². The average Bonchev–Trinajstić information content (AvgIpc) is 2.42. The first-order valence-corrected chi connectivity index (χ1v) is 6.04. The third-order valence-electron chi connectivity index (χ3n) is 2.91. The van der Waals surface area contributed by atoms with Gasteiger partial charge in [-0.2, -0.15) is 0 Å². The van der Waals surface area contributed by atoms with Gasteiger partial charge < -0.3 is 11.1 Å². The average molecular weight is 287 g/mol. The van der Waals surface area contributed by atoms with Gasteiger partial charge in [-0.1, -0.05) is 0 Å². The summed E-state index contributed by atoms with van der Waals surface area (Å²) >= 11 is 0. The molecule has 21 heavy (non-hydrogen) atoms. The van der Waals surface area contributed by atoms with Crippen molar-refractivity contribution in [2.45, 2.75) is 13.8 Å². The summed E-state index contributed by atoms with van der Waals surface area (Å²) < 4.78 is 0. The quantitative estimate of drug-likeness (QED) is 0.655. The number of rotatable bonds is 3. The van der Waals surface area contributed by atoms with E-state index in [4.69, 9.17) is 5.73 Å². The summed E-state index contributed by atoms with van der Waals surface area (Å²) in [6, 6.07) is 5.89. The summed E-state index contributed by atoms with van der Waals surface area (Å²) in [6.07, 6.45) is 0. The molecule has 108 valence electrons. The lowest BCUT2D eigenvalue weighted by molar-refractivity contribution is -0.385.